The minimum absolute atomic E-state index is 0.140. The molecule has 6 N–H and O–H groups in total. The van der Waals surface area contributed by atoms with Crippen molar-refractivity contribution in [1.29, 1.82) is 5.26 Å². The molecule has 1 aromatic heterocycles. The Balaban J connectivity index is 1.51. The molecule has 3 aromatic rings. The number of carbonyl (C=O) groups excluding carboxylic acids is 1. The van der Waals surface area contributed by atoms with E-state index in [0.29, 0.717) is 54.1 Å². The Morgan fingerprint density at radius 3 is 2.73 bits per heavy atom. The number of nitrogens with zero attached hydrogens (tertiary/aromatic N) is 3. The van der Waals surface area contributed by atoms with E-state index in [2.05, 4.69) is 16.8 Å². The monoisotopic (exact) mass is 461 g/mol. The first kappa shape index (κ1) is 21.2. The number of likely N-dealkylation sites (tertiary alicyclic amines) is 1. The van der Waals surface area contributed by atoms with E-state index in [1.165, 1.54) is 11.3 Å². The summed E-state index contributed by atoms with van der Waals surface area (Å²) >= 11 is 1.37. The normalized spacial score (nSPS) is 16.0. The summed E-state index contributed by atoms with van der Waals surface area (Å²) in [5.74, 6) is 5.67. The fourth-order valence-electron chi connectivity index (χ4n) is 4.20. The number of hydrogen-bond acceptors (Lipinski definition) is 8. The Bertz CT molecular complexity index is 1280. The van der Waals surface area contributed by atoms with Crippen molar-refractivity contribution < 1.29 is 9.53 Å². The van der Waals surface area contributed by atoms with E-state index in [1.54, 1.807) is 17.0 Å². The van der Waals surface area contributed by atoms with Crippen molar-refractivity contribution in [1.82, 2.24) is 9.88 Å². The van der Waals surface area contributed by atoms with Crippen LogP contribution in [0.4, 0.5) is 21.3 Å². The van der Waals surface area contributed by atoms with Gasteiger partial charge in [-0.25, -0.2) is 9.78 Å². The van der Waals surface area contributed by atoms with Crippen LogP contribution in [-0.2, 0) is 4.74 Å². The molecule has 2 aliphatic heterocycles. The molecule has 2 aliphatic rings. The van der Waals surface area contributed by atoms with E-state index in [9.17, 15) is 10.1 Å². The van der Waals surface area contributed by atoms with Crippen LogP contribution in [0.3, 0.4) is 0 Å². The van der Waals surface area contributed by atoms with Gasteiger partial charge in [0, 0.05) is 18.7 Å². The Hall–Kier alpha value is -3.65. The van der Waals surface area contributed by atoms with Crippen LogP contribution >= 0.6 is 11.3 Å². The average molecular weight is 462 g/mol. The largest absolute Gasteiger partial charge is 0.397 e. The second kappa shape index (κ2) is 8.04. The van der Waals surface area contributed by atoms with Crippen LogP contribution in [0.2, 0.25) is 0 Å². The summed E-state index contributed by atoms with van der Waals surface area (Å²) in [4.78, 5) is 20.1. The van der Waals surface area contributed by atoms with Crippen molar-refractivity contribution in [2.24, 2.45) is 11.3 Å². The average Bonchev–Trinajstić information content (AvgIpc) is 3.17. The zero-order valence-corrected chi connectivity index (χ0v) is 18.8. The number of aromatic nitrogens is 1. The minimum Gasteiger partial charge on any atom is -0.397 e. The highest BCUT2D eigenvalue weighted by Crippen LogP contribution is 2.42. The van der Waals surface area contributed by atoms with Gasteiger partial charge in [0.1, 0.15) is 0 Å². The summed E-state index contributed by atoms with van der Waals surface area (Å²) in [5.41, 5.74) is 13.8. The lowest BCUT2D eigenvalue weighted by Gasteiger charge is -2.54. The first-order valence-corrected chi connectivity index (χ1v) is 11.3. The number of nitriles is 1. The van der Waals surface area contributed by atoms with Gasteiger partial charge in [-0.15, -0.1) is 0 Å². The van der Waals surface area contributed by atoms with Gasteiger partial charge in [-0.05, 0) is 42.3 Å². The van der Waals surface area contributed by atoms with Gasteiger partial charge < -0.3 is 20.8 Å². The molecule has 2 aromatic carbocycles. The Morgan fingerprint density at radius 1 is 1.27 bits per heavy atom. The van der Waals surface area contributed by atoms with Crippen molar-refractivity contribution in [3.8, 4) is 27.8 Å². The lowest BCUT2D eigenvalue weighted by atomic mass is 9.78. The second-order valence-corrected chi connectivity index (χ2v) is 9.57. The van der Waals surface area contributed by atoms with E-state index in [-0.39, 0.29) is 11.4 Å². The van der Waals surface area contributed by atoms with Gasteiger partial charge in [-0.1, -0.05) is 23.5 Å². The molecule has 0 unspecified atom stereocenters. The fraction of sp³-hybridized carbons (Fsp3) is 0.261. The molecular formula is C23H23N7O2S. The summed E-state index contributed by atoms with van der Waals surface area (Å²) < 4.78 is 5.28. The third-order valence-corrected chi connectivity index (χ3v) is 7.09. The zero-order chi connectivity index (χ0) is 23.2. The van der Waals surface area contributed by atoms with E-state index < -0.39 is 0 Å². The maximum absolute atomic E-state index is 12.8. The summed E-state index contributed by atoms with van der Waals surface area (Å²) in [6, 6.07) is 13.0. The molecule has 168 valence electrons. The molecule has 0 saturated carbocycles. The van der Waals surface area contributed by atoms with Crippen molar-refractivity contribution in [2.75, 3.05) is 42.8 Å². The van der Waals surface area contributed by atoms with Gasteiger partial charge >= 0.3 is 6.03 Å². The van der Waals surface area contributed by atoms with E-state index in [0.717, 1.165) is 21.6 Å². The predicted molar refractivity (Wildman–Crippen MR) is 129 cm³/mol. The molecule has 3 heterocycles. The molecule has 2 saturated heterocycles. The molecule has 0 atom stereocenters. The first-order valence-electron chi connectivity index (χ1n) is 10.4. The number of anilines is 3. The van der Waals surface area contributed by atoms with E-state index in [4.69, 9.17) is 21.3 Å². The van der Waals surface area contributed by atoms with Crippen LogP contribution in [0.15, 0.2) is 36.4 Å². The Morgan fingerprint density at radius 2 is 2.06 bits per heavy atom. The molecular weight excluding hydrogens is 438 g/mol. The summed E-state index contributed by atoms with van der Waals surface area (Å²) in [5, 5.41) is 12.8. The smallest absolute Gasteiger partial charge is 0.323 e. The van der Waals surface area contributed by atoms with Crippen molar-refractivity contribution in [3.05, 3.63) is 47.5 Å². The van der Waals surface area contributed by atoms with Gasteiger partial charge in [0.15, 0.2) is 5.13 Å². The maximum atomic E-state index is 12.8. The number of carbonyl (C=O) groups is 1. The number of benzene rings is 2. The summed E-state index contributed by atoms with van der Waals surface area (Å²) in [6.07, 6.45) is 0. The number of hydrogen-bond donors (Lipinski definition) is 4. The number of nitrogens with one attached hydrogen (secondary N) is 2. The van der Waals surface area contributed by atoms with Crippen LogP contribution in [0.5, 0.6) is 0 Å². The highest BCUT2D eigenvalue weighted by molar-refractivity contribution is 7.19. The quantitative estimate of drug-likeness (QED) is 0.265. The molecule has 2 fully saturated rings. The van der Waals surface area contributed by atoms with Crippen LogP contribution < -0.4 is 22.3 Å². The standard InChI is InChI=1S/C23H23N7O2S/c1-13-5-16(7-17(29-26)18(13)25)20-19(15-4-2-3-14(6-15)8-24)27-21(33-20)28-22(31)30-9-23(10-30)11-32-12-23/h2-7,29H,9-12,25-26H2,1H3,(H,27,28,31). The number of ether oxygens (including phenoxy) is 1. The maximum Gasteiger partial charge on any atom is 0.323 e. The molecule has 5 rings (SSSR count). The van der Waals surface area contributed by atoms with E-state index >= 15 is 0 Å². The van der Waals surface area contributed by atoms with Gasteiger partial charge in [0.05, 0.1) is 52.2 Å². The number of urea groups is 1. The number of amides is 2. The van der Waals surface area contributed by atoms with Crippen LogP contribution in [0.1, 0.15) is 11.1 Å². The SMILES string of the molecule is Cc1cc(-c2sc(NC(=O)N3CC4(COC4)C3)nc2-c2cccc(C#N)c2)cc(NN)c1N. The second-order valence-electron chi connectivity index (χ2n) is 8.57. The van der Waals surface area contributed by atoms with Crippen molar-refractivity contribution in [2.45, 2.75) is 6.92 Å². The summed E-state index contributed by atoms with van der Waals surface area (Å²) in [6.45, 7) is 4.72. The molecule has 0 aliphatic carbocycles. The first-order chi connectivity index (χ1) is 15.9. The fourth-order valence-corrected chi connectivity index (χ4v) is 5.17. The number of nitrogens with two attached hydrogens (primary N) is 2. The van der Waals surface area contributed by atoms with E-state index in [1.807, 2.05) is 31.2 Å². The lowest BCUT2D eigenvalue weighted by Crippen LogP contribution is -2.67. The van der Waals surface area contributed by atoms with Gasteiger partial charge in [0.2, 0.25) is 0 Å². The van der Waals surface area contributed by atoms with Gasteiger partial charge in [-0.3, -0.25) is 11.2 Å². The molecule has 33 heavy (non-hydrogen) atoms. The zero-order valence-electron chi connectivity index (χ0n) is 18.0. The van der Waals surface area contributed by atoms with Crippen LogP contribution in [0.25, 0.3) is 21.7 Å². The van der Waals surface area contributed by atoms with Crippen LogP contribution in [-0.4, -0.2) is 42.2 Å². The number of rotatable bonds is 4. The topological polar surface area (TPSA) is 142 Å². The van der Waals surface area contributed by atoms with Gasteiger partial charge in [-0.2, -0.15) is 5.26 Å². The molecule has 9 nitrogen and oxygen atoms in total. The molecule has 10 heteroatoms. The van der Waals surface area contributed by atoms with Crippen molar-refractivity contribution >= 4 is 33.9 Å². The van der Waals surface area contributed by atoms with Crippen molar-refractivity contribution in [3.63, 3.8) is 0 Å². The number of hydrazine groups is 1. The van der Waals surface area contributed by atoms with Gasteiger partial charge in [0.25, 0.3) is 0 Å². The van der Waals surface area contributed by atoms with Crippen LogP contribution in [0, 0.1) is 23.7 Å². The lowest BCUT2D eigenvalue weighted by molar-refractivity contribution is -0.174. The minimum atomic E-state index is -0.178. The Kier molecular flexibility index (Phi) is 5.17. The number of thiazole rings is 1. The molecule has 0 bridgehead atoms. The molecule has 1 spiro atoms. The Labute approximate surface area is 194 Å². The number of aryl methyl sites for hydroxylation is 1. The highest BCUT2D eigenvalue weighted by atomic mass is 32.1. The summed E-state index contributed by atoms with van der Waals surface area (Å²) in [7, 11) is 0. The third-order valence-electron chi connectivity index (χ3n) is 6.07. The number of nitrogen functional groups attached to an aromatic ring is 2. The third kappa shape index (κ3) is 3.76. The highest BCUT2D eigenvalue weighted by Gasteiger charge is 2.50. The predicted octanol–water partition coefficient (Wildman–Crippen LogP) is 3.39. The molecule has 0 radical (unpaired) electrons. The molecule has 2 amide bonds.